The zero-order chi connectivity index (χ0) is 14.5. The highest BCUT2D eigenvalue weighted by Crippen LogP contribution is 2.21. The lowest BCUT2D eigenvalue weighted by Crippen LogP contribution is -2.11. The average molecular weight is 281 g/mol. The van der Waals surface area contributed by atoms with Crippen LogP contribution in [0.25, 0.3) is 0 Å². The lowest BCUT2D eigenvalue weighted by atomic mass is 10.0. The third kappa shape index (κ3) is 4.03. The van der Waals surface area contributed by atoms with Gasteiger partial charge in [-0.2, -0.15) is 13.9 Å². The van der Waals surface area contributed by atoms with E-state index in [4.69, 9.17) is 5.73 Å². The number of alkyl halides is 2. The minimum atomic E-state index is -2.81. The van der Waals surface area contributed by atoms with E-state index in [1.165, 1.54) is 12.1 Å². The number of hydrogen-bond donors (Lipinski definition) is 1. The van der Waals surface area contributed by atoms with Crippen molar-refractivity contribution in [3.63, 3.8) is 0 Å². The van der Waals surface area contributed by atoms with E-state index in [1.807, 2.05) is 19.4 Å². The van der Waals surface area contributed by atoms with Crippen LogP contribution in [-0.4, -0.2) is 16.4 Å². The smallest absolute Gasteiger partial charge is 0.387 e. The molecule has 0 aliphatic carbocycles. The number of nitrogens with zero attached hydrogens (tertiary/aromatic N) is 2. The summed E-state index contributed by atoms with van der Waals surface area (Å²) in [6, 6.07) is 6.30. The molecule has 2 aromatic rings. The van der Waals surface area contributed by atoms with Crippen LogP contribution < -0.4 is 10.5 Å². The second kappa shape index (κ2) is 6.47. The second-order valence-electron chi connectivity index (χ2n) is 4.61. The molecular weight excluding hydrogens is 264 g/mol. The first-order chi connectivity index (χ1) is 9.54. The van der Waals surface area contributed by atoms with Crippen molar-refractivity contribution in [3.05, 3.63) is 47.8 Å². The van der Waals surface area contributed by atoms with E-state index in [0.29, 0.717) is 0 Å². The Balaban J connectivity index is 1.90. The summed E-state index contributed by atoms with van der Waals surface area (Å²) in [5.41, 5.74) is 8.11. The highest BCUT2D eigenvalue weighted by atomic mass is 19.3. The lowest BCUT2D eigenvalue weighted by Gasteiger charge is -2.12. The molecule has 6 heteroatoms. The Hall–Kier alpha value is -1.95. The molecule has 2 rings (SSSR count). The predicted octanol–water partition coefficient (Wildman–Crippen LogP) is 2.65. The Kier molecular flexibility index (Phi) is 4.68. The Morgan fingerprint density at radius 3 is 2.55 bits per heavy atom. The molecule has 0 bridgehead atoms. The molecule has 108 valence electrons. The van der Waals surface area contributed by atoms with Gasteiger partial charge in [-0.05, 0) is 36.1 Å². The number of benzene rings is 1. The number of aromatic nitrogens is 2. The van der Waals surface area contributed by atoms with Crippen molar-refractivity contribution < 1.29 is 13.5 Å². The Morgan fingerprint density at radius 1 is 1.30 bits per heavy atom. The van der Waals surface area contributed by atoms with Gasteiger partial charge in [-0.1, -0.05) is 12.1 Å². The Morgan fingerprint density at radius 2 is 2.00 bits per heavy atom. The van der Waals surface area contributed by atoms with Gasteiger partial charge in [0.1, 0.15) is 5.75 Å². The maximum Gasteiger partial charge on any atom is 0.387 e. The van der Waals surface area contributed by atoms with Crippen LogP contribution in [0.1, 0.15) is 23.6 Å². The molecule has 4 nitrogen and oxygen atoms in total. The van der Waals surface area contributed by atoms with Crippen molar-refractivity contribution in [3.8, 4) is 5.75 Å². The van der Waals surface area contributed by atoms with Gasteiger partial charge < -0.3 is 10.5 Å². The minimum Gasteiger partial charge on any atom is -0.435 e. The highest BCUT2D eigenvalue weighted by Gasteiger charge is 2.09. The summed E-state index contributed by atoms with van der Waals surface area (Å²) >= 11 is 0. The van der Waals surface area contributed by atoms with Gasteiger partial charge in [-0.25, -0.2) is 0 Å². The van der Waals surface area contributed by atoms with Gasteiger partial charge in [-0.15, -0.1) is 0 Å². The molecule has 0 radical (unpaired) electrons. The largest absolute Gasteiger partial charge is 0.435 e. The van der Waals surface area contributed by atoms with Crippen molar-refractivity contribution in [2.45, 2.75) is 25.5 Å². The number of halogens is 2. The molecule has 1 unspecified atom stereocenters. The van der Waals surface area contributed by atoms with E-state index in [2.05, 4.69) is 9.84 Å². The summed E-state index contributed by atoms with van der Waals surface area (Å²) in [7, 11) is 1.87. The third-order valence-corrected chi connectivity index (χ3v) is 3.04. The standard InChI is InChI=1S/C14H17F2N3O/c1-19-9-10(8-18-19)2-7-13(17)11-3-5-12(6-4-11)20-14(15)16/h3-6,8-9,13-14H,2,7,17H2,1H3. The number of aryl methyl sites for hydroxylation is 2. The molecule has 0 fully saturated rings. The van der Waals surface area contributed by atoms with E-state index < -0.39 is 6.61 Å². The number of hydrogen-bond acceptors (Lipinski definition) is 3. The minimum absolute atomic E-state index is 0.142. The molecular formula is C14H17F2N3O. The molecule has 0 amide bonds. The summed E-state index contributed by atoms with van der Waals surface area (Å²) in [5, 5.41) is 4.09. The molecule has 0 aliphatic rings. The van der Waals surface area contributed by atoms with E-state index >= 15 is 0 Å². The van der Waals surface area contributed by atoms with Crippen LogP contribution in [-0.2, 0) is 13.5 Å². The average Bonchev–Trinajstić information content (AvgIpc) is 2.82. The quantitative estimate of drug-likeness (QED) is 0.885. The molecule has 1 heterocycles. The first-order valence-corrected chi connectivity index (χ1v) is 6.32. The maximum atomic E-state index is 12.0. The zero-order valence-corrected chi connectivity index (χ0v) is 11.2. The van der Waals surface area contributed by atoms with Crippen LogP contribution in [0.5, 0.6) is 5.75 Å². The van der Waals surface area contributed by atoms with Gasteiger partial charge >= 0.3 is 6.61 Å². The summed E-state index contributed by atoms with van der Waals surface area (Å²) in [6.07, 6.45) is 5.35. The van der Waals surface area contributed by atoms with Crippen molar-refractivity contribution in [1.29, 1.82) is 0 Å². The predicted molar refractivity (Wildman–Crippen MR) is 71.5 cm³/mol. The normalized spacial score (nSPS) is 12.7. The fourth-order valence-corrected chi connectivity index (χ4v) is 1.99. The van der Waals surface area contributed by atoms with Gasteiger partial charge in [0.2, 0.25) is 0 Å². The number of ether oxygens (including phenoxy) is 1. The van der Waals surface area contributed by atoms with Crippen molar-refractivity contribution in [2.75, 3.05) is 0 Å². The summed E-state index contributed by atoms with van der Waals surface area (Å²) in [5.74, 6) is 0.142. The van der Waals surface area contributed by atoms with Crippen LogP contribution in [0.15, 0.2) is 36.7 Å². The van der Waals surface area contributed by atoms with Crippen LogP contribution in [0.3, 0.4) is 0 Å². The van der Waals surface area contributed by atoms with E-state index in [-0.39, 0.29) is 11.8 Å². The summed E-state index contributed by atoms with van der Waals surface area (Å²) in [6.45, 7) is -2.81. The molecule has 0 saturated carbocycles. The van der Waals surface area contributed by atoms with Crippen LogP contribution in [0.4, 0.5) is 8.78 Å². The highest BCUT2D eigenvalue weighted by molar-refractivity contribution is 5.29. The van der Waals surface area contributed by atoms with E-state index in [9.17, 15) is 8.78 Å². The Labute approximate surface area is 116 Å². The monoisotopic (exact) mass is 281 g/mol. The van der Waals surface area contributed by atoms with Crippen molar-refractivity contribution in [1.82, 2.24) is 9.78 Å². The van der Waals surface area contributed by atoms with Crippen molar-refractivity contribution in [2.24, 2.45) is 12.8 Å². The Bertz CT molecular complexity index is 540. The molecule has 1 atom stereocenters. The maximum absolute atomic E-state index is 12.0. The number of rotatable bonds is 6. The second-order valence-corrected chi connectivity index (χ2v) is 4.61. The summed E-state index contributed by atoms with van der Waals surface area (Å²) in [4.78, 5) is 0. The first-order valence-electron chi connectivity index (χ1n) is 6.32. The van der Waals surface area contributed by atoms with Crippen LogP contribution >= 0.6 is 0 Å². The third-order valence-electron chi connectivity index (χ3n) is 3.04. The zero-order valence-electron chi connectivity index (χ0n) is 11.2. The van der Waals surface area contributed by atoms with E-state index in [0.717, 1.165) is 24.0 Å². The van der Waals surface area contributed by atoms with Gasteiger partial charge in [-0.3, -0.25) is 4.68 Å². The van der Waals surface area contributed by atoms with Gasteiger partial charge in [0.05, 0.1) is 6.20 Å². The van der Waals surface area contributed by atoms with E-state index in [1.54, 1.807) is 16.8 Å². The van der Waals surface area contributed by atoms with Crippen LogP contribution in [0.2, 0.25) is 0 Å². The molecule has 0 spiro atoms. The molecule has 2 N–H and O–H groups in total. The molecule has 0 saturated heterocycles. The van der Waals surface area contributed by atoms with Crippen LogP contribution in [0, 0.1) is 0 Å². The fraction of sp³-hybridized carbons (Fsp3) is 0.357. The van der Waals surface area contributed by atoms with Gasteiger partial charge in [0.15, 0.2) is 0 Å². The summed E-state index contributed by atoms with van der Waals surface area (Å²) < 4.78 is 30.1. The van der Waals surface area contributed by atoms with Gasteiger partial charge in [0, 0.05) is 19.3 Å². The lowest BCUT2D eigenvalue weighted by molar-refractivity contribution is -0.0498. The molecule has 0 aliphatic heterocycles. The topological polar surface area (TPSA) is 53.1 Å². The molecule has 1 aromatic carbocycles. The van der Waals surface area contributed by atoms with Gasteiger partial charge in [0.25, 0.3) is 0 Å². The SMILES string of the molecule is Cn1cc(CCC(N)c2ccc(OC(F)F)cc2)cn1. The molecule has 1 aromatic heterocycles. The first kappa shape index (κ1) is 14.5. The number of nitrogens with two attached hydrogens (primary N) is 1. The fourth-order valence-electron chi connectivity index (χ4n) is 1.99. The van der Waals surface area contributed by atoms with Crippen molar-refractivity contribution >= 4 is 0 Å². The molecule has 20 heavy (non-hydrogen) atoms.